The van der Waals surface area contributed by atoms with Crippen molar-refractivity contribution in [3.05, 3.63) is 46.7 Å². The quantitative estimate of drug-likeness (QED) is 0.943. The first-order valence-electron chi connectivity index (χ1n) is 5.88. The fourth-order valence-electron chi connectivity index (χ4n) is 1.79. The highest BCUT2D eigenvalue weighted by Gasteiger charge is 2.11. The van der Waals surface area contributed by atoms with Crippen LogP contribution in [0.25, 0.3) is 0 Å². The van der Waals surface area contributed by atoms with Crippen LogP contribution in [0.1, 0.15) is 10.5 Å². The van der Waals surface area contributed by atoms with Gasteiger partial charge in [-0.1, -0.05) is 0 Å². The van der Waals surface area contributed by atoms with Crippen molar-refractivity contribution in [1.29, 1.82) is 0 Å². The van der Waals surface area contributed by atoms with Gasteiger partial charge in [-0.3, -0.25) is 4.79 Å². The minimum atomic E-state index is -0.120. The smallest absolute Gasteiger partial charge is 0.272 e. The molecule has 1 amide bonds. The van der Waals surface area contributed by atoms with Crippen molar-refractivity contribution in [2.75, 3.05) is 24.3 Å². The average molecular weight is 322 g/mol. The van der Waals surface area contributed by atoms with E-state index in [1.54, 1.807) is 10.6 Å². The molecule has 0 aliphatic rings. The maximum atomic E-state index is 12.1. The van der Waals surface area contributed by atoms with Crippen LogP contribution in [0.15, 0.2) is 41.0 Å². The molecule has 0 atom stereocenters. The summed E-state index contributed by atoms with van der Waals surface area (Å²) in [7, 11) is 5.80. The van der Waals surface area contributed by atoms with Gasteiger partial charge in [0.25, 0.3) is 5.91 Å². The van der Waals surface area contributed by atoms with Crippen molar-refractivity contribution in [2.45, 2.75) is 0 Å². The van der Waals surface area contributed by atoms with Gasteiger partial charge in [0.15, 0.2) is 0 Å². The molecule has 0 saturated carbocycles. The van der Waals surface area contributed by atoms with E-state index in [2.05, 4.69) is 21.2 Å². The van der Waals surface area contributed by atoms with Crippen molar-refractivity contribution in [3.63, 3.8) is 0 Å². The van der Waals surface area contributed by atoms with Gasteiger partial charge in [-0.15, -0.1) is 0 Å². The molecule has 19 heavy (non-hydrogen) atoms. The lowest BCUT2D eigenvalue weighted by Gasteiger charge is -2.13. The van der Waals surface area contributed by atoms with E-state index in [1.165, 1.54) is 0 Å². The van der Waals surface area contributed by atoms with Gasteiger partial charge in [0, 0.05) is 43.2 Å². The maximum Gasteiger partial charge on any atom is 0.272 e. The van der Waals surface area contributed by atoms with Gasteiger partial charge in [-0.2, -0.15) is 0 Å². The first kappa shape index (κ1) is 13.7. The third-order valence-corrected chi connectivity index (χ3v) is 3.28. The Bertz CT molecular complexity index is 587. The summed E-state index contributed by atoms with van der Waals surface area (Å²) >= 11 is 3.36. The SMILES string of the molecule is CN(C)c1ccc(NC(=O)c2cc(Br)cn2C)cc1. The normalized spacial score (nSPS) is 10.3. The topological polar surface area (TPSA) is 37.3 Å². The highest BCUT2D eigenvalue weighted by atomic mass is 79.9. The molecule has 0 saturated heterocycles. The van der Waals surface area contributed by atoms with Crippen molar-refractivity contribution in [2.24, 2.45) is 7.05 Å². The minimum absolute atomic E-state index is 0.120. The summed E-state index contributed by atoms with van der Waals surface area (Å²) in [5.41, 5.74) is 2.50. The largest absolute Gasteiger partial charge is 0.378 e. The molecule has 0 bridgehead atoms. The van der Waals surface area contributed by atoms with Crippen LogP contribution in [-0.4, -0.2) is 24.6 Å². The second kappa shape index (κ2) is 5.48. The molecule has 0 radical (unpaired) electrons. The van der Waals surface area contributed by atoms with Crippen LogP contribution < -0.4 is 10.2 Å². The van der Waals surface area contributed by atoms with Gasteiger partial charge < -0.3 is 14.8 Å². The first-order chi connectivity index (χ1) is 8.97. The summed E-state index contributed by atoms with van der Waals surface area (Å²) in [6.07, 6.45) is 1.85. The molecule has 2 rings (SSSR count). The number of benzene rings is 1. The fourth-order valence-corrected chi connectivity index (χ4v) is 2.31. The Morgan fingerprint density at radius 2 is 1.89 bits per heavy atom. The Balaban J connectivity index is 2.13. The number of hydrogen-bond donors (Lipinski definition) is 1. The van der Waals surface area contributed by atoms with E-state index < -0.39 is 0 Å². The third-order valence-electron chi connectivity index (χ3n) is 2.85. The molecule has 0 fully saturated rings. The van der Waals surface area contributed by atoms with Crippen molar-refractivity contribution in [1.82, 2.24) is 4.57 Å². The molecule has 0 aliphatic carbocycles. The number of amides is 1. The molecule has 1 N–H and O–H groups in total. The van der Waals surface area contributed by atoms with Crippen LogP contribution in [0.5, 0.6) is 0 Å². The number of carbonyl (C=O) groups excluding carboxylic acids is 1. The zero-order valence-electron chi connectivity index (χ0n) is 11.1. The van der Waals surface area contributed by atoms with E-state index >= 15 is 0 Å². The molecule has 0 aliphatic heterocycles. The van der Waals surface area contributed by atoms with Crippen LogP contribution in [0.4, 0.5) is 11.4 Å². The van der Waals surface area contributed by atoms with Crippen LogP contribution in [0, 0.1) is 0 Å². The Morgan fingerprint density at radius 1 is 1.26 bits per heavy atom. The molecule has 4 nitrogen and oxygen atoms in total. The lowest BCUT2D eigenvalue weighted by molar-refractivity contribution is 0.101. The second-order valence-electron chi connectivity index (χ2n) is 4.55. The molecular weight excluding hydrogens is 306 g/mol. The number of nitrogens with zero attached hydrogens (tertiary/aromatic N) is 2. The van der Waals surface area contributed by atoms with E-state index in [0.717, 1.165) is 15.8 Å². The van der Waals surface area contributed by atoms with Crippen molar-refractivity contribution < 1.29 is 4.79 Å². The predicted octanol–water partition coefficient (Wildman–Crippen LogP) is 3.11. The summed E-state index contributed by atoms with van der Waals surface area (Å²) in [4.78, 5) is 14.1. The highest BCUT2D eigenvalue weighted by Crippen LogP contribution is 2.18. The molecule has 1 aromatic carbocycles. The summed E-state index contributed by atoms with van der Waals surface area (Å²) in [5, 5.41) is 2.88. The fraction of sp³-hybridized carbons (Fsp3) is 0.214. The van der Waals surface area contributed by atoms with Crippen LogP contribution in [0.2, 0.25) is 0 Å². The zero-order chi connectivity index (χ0) is 14.0. The summed E-state index contributed by atoms with van der Waals surface area (Å²) in [5.74, 6) is -0.120. The number of nitrogens with one attached hydrogen (secondary N) is 1. The molecule has 1 heterocycles. The summed E-state index contributed by atoms with van der Waals surface area (Å²) in [6, 6.07) is 9.52. The van der Waals surface area contributed by atoms with Crippen molar-refractivity contribution in [3.8, 4) is 0 Å². The molecule has 5 heteroatoms. The second-order valence-corrected chi connectivity index (χ2v) is 5.47. The van der Waals surface area contributed by atoms with E-state index in [1.807, 2.05) is 56.5 Å². The number of anilines is 2. The van der Waals surface area contributed by atoms with E-state index in [4.69, 9.17) is 0 Å². The number of carbonyl (C=O) groups is 1. The summed E-state index contributed by atoms with van der Waals surface area (Å²) < 4.78 is 2.68. The number of rotatable bonds is 3. The van der Waals surface area contributed by atoms with Gasteiger partial charge in [0.1, 0.15) is 5.69 Å². The Hall–Kier alpha value is -1.75. The van der Waals surface area contributed by atoms with Gasteiger partial charge in [0.2, 0.25) is 0 Å². The lowest BCUT2D eigenvalue weighted by atomic mass is 10.2. The average Bonchev–Trinajstić information content (AvgIpc) is 2.69. The number of halogens is 1. The minimum Gasteiger partial charge on any atom is -0.378 e. The van der Waals surface area contributed by atoms with Crippen LogP contribution in [-0.2, 0) is 7.05 Å². The van der Waals surface area contributed by atoms with Gasteiger partial charge in [0.05, 0.1) is 0 Å². The van der Waals surface area contributed by atoms with E-state index in [-0.39, 0.29) is 5.91 Å². The summed E-state index contributed by atoms with van der Waals surface area (Å²) in [6.45, 7) is 0. The first-order valence-corrected chi connectivity index (χ1v) is 6.67. The molecule has 0 unspecified atom stereocenters. The Kier molecular flexibility index (Phi) is 3.95. The molecule has 2 aromatic rings. The van der Waals surface area contributed by atoms with E-state index in [0.29, 0.717) is 5.69 Å². The number of aromatic nitrogens is 1. The monoisotopic (exact) mass is 321 g/mol. The molecular formula is C14H16BrN3O. The Labute approximate surface area is 121 Å². The number of aryl methyl sites for hydroxylation is 1. The zero-order valence-corrected chi connectivity index (χ0v) is 12.7. The highest BCUT2D eigenvalue weighted by molar-refractivity contribution is 9.10. The predicted molar refractivity (Wildman–Crippen MR) is 81.8 cm³/mol. The van der Waals surface area contributed by atoms with Crippen LogP contribution in [0.3, 0.4) is 0 Å². The Morgan fingerprint density at radius 3 is 2.37 bits per heavy atom. The van der Waals surface area contributed by atoms with E-state index in [9.17, 15) is 4.79 Å². The third kappa shape index (κ3) is 3.17. The van der Waals surface area contributed by atoms with Gasteiger partial charge in [-0.05, 0) is 46.3 Å². The van der Waals surface area contributed by atoms with Crippen molar-refractivity contribution >= 4 is 33.2 Å². The molecule has 100 valence electrons. The standard InChI is InChI=1S/C14H16BrN3O/c1-17(2)12-6-4-11(5-7-12)16-14(19)13-8-10(15)9-18(13)3/h4-9H,1-3H3,(H,16,19). The number of hydrogen-bond acceptors (Lipinski definition) is 2. The molecule has 0 spiro atoms. The van der Waals surface area contributed by atoms with Crippen LogP contribution >= 0.6 is 15.9 Å². The lowest BCUT2D eigenvalue weighted by Crippen LogP contribution is -2.15. The van der Waals surface area contributed by atoms with Gasteiger partial charge >= 0.3 is 0 Å². The maximum absolute atomic E-state index is 12.1. The van der Waals surface area contributed by atoms with Gasteiger partial charge in [-0.25, -0.2) is 0 Å². The molecule has 1 aromatic heterocycles.